The number of ether oxygens (including phenoxy) is 1. The van der Waals surface area contributed by atoms with Gasteiger partial charge in [-0.1, -0.05) is 43.6 Å². The molecule has 0 fully saturated rings. The maximum atomic E-state index is 13.8. The molecule has 2 amide bonds. The lowest BCUT2D eigenvalue weighted by Crippen LogP contribution is -2.53. The largest absolute Gasteiger partial charge is 0.495 e. The Balaban J connectivity index is 2.58. The highest BCUT2D eigenvalue weighted by Crippen LogP contribution is 2.34. The zero-order chi connectivity index (χ0) is 28.6. The van der Waals surface area contributed by atoms with Gasteiger partial charge in [0, 0.05) is 29.7 Å². The molecule has 2 aromatic rings. The van der Waals surface area contributed by atoms with E-state index in [2.05, 4.69) is 5.32 Å². The molecule has 0 aliphatic heterocycles. The molecule has 0 heterocycles. The van der Waals surface area contributed by atoms with Crippen LogP contribution in [0, 0.1) is 10.1 Å². The van der Waals surface area contributed by atoms with Crippen LogP contribution in [0.3, 0.4) is 0 Å². The van der Waals surface area contributed by atoms with Crippen LogP contribution in [0.25, 0.3) is 0 Å². The van der Waals surface area contributed by atoms with Gasteiger partial charge in [-0.25, -0.2) is 8.42 Å². The lowest BCUT2D eigenvalue weighted by molar-refractivity contribution is -0.384. The average molecular weight is 569 g/mol. The summed E-state index contributed by atoms with van der Waals surface area (Å²) in [4.78, 5) is 38.9. The van der Waals surface area contributed by atoms with Crippen molar-refractivity contribution >= 4 is 44.8 Å². The SMILES string of the molecule is CC[C@@H](C)NC(=O)[C@@H](CC)N(Cc1ccccc1Cl)C(=O)CN(c1cc([N+](=O)[O-])ccc1OC)S(C)(=O)=O. The van der Waals surface area contributed by atoms with E-state index in [1.54, 1.807) is 31.2 Å². The third-order valence-electron chi connectivity index (χ3n) is 6.01. The van der Waals surface area contributed by atoms with Crippen molar-refractivity contribution in [3.63, 3.8) is 0 Å². The van der Waals surface area contributed by atoms with Gasteiger partial charge in [0.25, 0.3) is 5.69 Å². The molecule has 208 valence electrons. The molecule has 0 aromatic heterocycles. The fourth-order valence-corrected chi connectivity index (χ4v) is 4.79. The number of carbonyl (C=O) groups excluding carboxylic acids is 2. The van der Waals surface area contributed by atoms with E-state index in [1.807, 2.05) is 13.8 Å². The zero-order valence-electron chi connectivity index (χ0n) is 22.0. The van der Waals surface area contributed by atoms with Crippen molar-refractivity contribution in [2.75, 3.05) is 24.2 Å². The molecule has 11 nitrogen and oxygen atoms in total. The second-order valence-electron chi connectivity index (χ2n) is 8.74. The summed E-state index contributed by atoms with van der Waals surface area (Å²) in [6.45, 7) is 4.70. The van der Waals surface area contributed by atoms with Crippen LogP contribution >= 0.6 is 11.6 Å². The van der Waals surface area contributed by atoms with Crippen molar-refractivity contribution in [2.24, 2.45) is 0 Å². The second-order valence-corrected chi connectivity index (χ2v) is 11.1. The average Bonchev–Trinajstić information content (AvgIpc) is 2.86. The predicted molar refractivity (Wildman–Crippen MR) is 146 cm³/mol. The summed E-state index contributed by atoms with van der Waals surface area (Å²) in [5.41, 5.74) is 0.0117. The minimum Gasteiger partial charge on any atom is -0.495 e. The van der Waals surface area contributed by atoms with Crippen molar-refractivity contribution in [1.82, 2.24) is 10.2 Å². The number of sulfonamides is 1. The van der Waals surface area contributed by atoms with Gasteiger partial charge in [0.05, 0.1) is 18.3 Å². The van der Waals surface area contributed by atoms with Crippen LogP contribution in [0.2, 0.25) is 5.02 Å². The van der Waals surface area contributed by atoms with Crippen LogP contribution in [0.4, 0.5) is 11.4 Å². The molecule has 2 aromatic carbocycles. The molecule has 0 saturated heterocycles. The van der Waals surface area contributed by atoms with Gasteiger partial charge < -0.3 is 15.0 Å². The molecule has 13 heteroatoms. The van der Waals surface area contributed by atoms with Crippen LogP contribution in [0.5, 0.6) is 5.75 Å². The van der Waals surface area contributed by atoms with Crippen molar-refractivity contribution in [2.45, 2.75) is 52.2 Å². The quantitative estimate of drug-likeness (QED) is 0.287. The van der Waals surface area contributed by atoms with Gasteiger partial charge in [-0.05, 0) is 37.5 Å². The zero-order valence-corrected chi connectivity index (χ0v) is 23.6. The van der Waals surface area contributed by atoms with E-state index in [-0.39, 0.29) is 42.0 Å². The van der Waals surface area contributed by atoms with Gasteiger partial charge in [-0.2, -0.15) is 0 Å². The van der Waals surface area contributed by atoms with E-state index in [4.69, 9.17) is 16.3 Å². The number of benzene rings is 2. The smallest absolute Gasteiger partial charge is 0.271 e. The number of amides is 2. The first-order valence-corrected chi connectivity index (χ1v) is 14.2. The molecule has 1 N–H and O–H groups in total. The van der Waals surface area contributed by atoms with Gasteiger partial charge in [-0.15, -0.1) is 0 Å². The van der Waals surface area contributed by atoms with E-state index in [9.17, 15) is 28.1 Å². The summed E-state index contributed by atoms with van der Waals surface area (Å²) in [5, 5.41) is 14.6. The predicted octanol–water partition coefficient (Wildman–Crippen LogP) is 3.74. The maximum absolute atomic E-state index is 13.8. The normalized spacial score (nSPS) is 12.8. The number of non-ortho nitro benzene ring substituents is 1. The van der Waals surface area contributed by atoms with E-state index < -0.39 is 33.4 Å². The highest BCUT2D eigenvalue weighted by molar-refractivity contribution is 7.92. The molecule has 0 saturated carbocycles. The van der Waals surface area contributed by atoms with E-state index >= 15 is 0 Å². The van der Waals surface area contributed by atoms with Gasteiger partial charge >= 0.3 is 0 Å². The van der Waals surface area contributed by atoms with Crippen LogP contribution < -0.4 is 14.4 Å². The molecule has 0 spiro atoms. The number of anilines is 1. The Morgan fingerprint density at radius 3 is 2.34 bits per heavy atom. The second kappa shape index (κ2) is 13.4. The van der Waals surface area contributed by atoms with E-state index in [0.29, 0.717) is 17.0 Å². The molecule has 2 rings (SSSR count). The minimum atomic E-state index is -4.12. The number of hydrogen-bond acceptors (Lipinski definition) is 7. The Hall–Kier alpha value is -3.38. The highest BCUT2D eigenvalue weighted by Gasteiger charge is 2.33. The molecule has 38 heavy (non-hydrogen) atoms. The molecule has 2 atom stereocenters. The Morgan fingerprint density at radius 2 is 1.82 bits per heavy atom. The van der Waals surface area contributed by atoms with E-state index in [1.165, 1.54) is 24.1 Å². The number of nitrogens with one attached hydrogen (secondary N) is 1. The van der Waals surface area contributed by atoms with Crippen LogP contribution in [-0.4, -0.2) is 62.0 Å². The Morgan fingerprint density at radius 1 is 1.16 bits per heavy atom. The summed E-state index contributed by atoms with van der Waals surface area (Å²) >= 11 is 6.34. The molecule has 0 aliphatic rings. The lowest BCUT2D eigenvalue weighted by Gasteiger charge is -2.33. The van der Waals surface area contributed by atoms with Crippen molar-refractivity contribution < 1.29 is 27.7 Å². The Kier molecular flexibility index (Phi) is 10.9. The summed E-state index contributed by atoms with van der Waals surface area (Å²) < 4.78 is 31.7. The number of nitro benzene ring substituents is 1. The van der Waals surface area contributed by atoms with Gasteiger partial charge in [0.15, 0.2) is 0 Å². The monoisotopic (exact) mass is 568 g/mol. The van der Waals surface area contributed by atoms with Crippen molar-refractivity contribution in [1.29, 1.82) is 0 Å². The summed E-state index contributed by atoms with van der Waals surface area (Å²) in [5.74, 6) is -1.07. The fraction of sp³-hybridized carbons (Fsp3) is 0.440. The third kappa shape index (κ3) is 7.81. The van der Waals surface area contributed by atoms with Gasteiger partial charge in [0.2, 0.25) is 21.8 Å². The number of nitrogens with zero attached hydrogens (tertiary/aromatic N) is 3. The van der Waals surface area contributed by atoms with Crippen LogP contribution in [0.15, 0.2) is 42.5 Å². The number of carbonyl (C=O) groups is 2. The molecule has 0 bridgehead atoms. The summed E-state index contributed by atoms with van der Waals surface area (Å²) in [7, 11) is -2.84. The highest BCUT2D eigenvalue weighted by atomic mass is 35.5. The number of hydrogen-bond donors (Lipinski definition) is 1. The third-order valence-corrected chi connectivity index (χ3v) is 7.50. The summed E-state index contributed by atoms with van der Waals surface area (Å²) in [6.07, 6.45) is 1.80. The minimum absolute atomic E-state index is 0.0213. The summed E-state index contributed by atoms with van der Waals surface area (Å²) in [6, 6.07) is 9.20. The Labute approximate surface area is 227 Å². The van der Waals surface area contributed by atoms with Crippen molar-refractivity contribution in [3.8, 4) is 5.75 Å². The first-order valence-electron chi connectivity index (χ1n) is 12.0. The molecular weight excluding hydrogens is 536 g/mol. The number of nitro groups is 1. The maximum Gasteiger partial charge on any atom is 0.271 e. The molecule has 0 radical (unpaired) electrons. The first-order chi connectivity index (χ1) is 17.8. The van der Waals surface area contributed by atoms with Crippen LogP contribution in [-0.2, 0) is 26.2 Å². The van der Waals surface area contributed by atoms with Gasteiger partial charge in [-0.3, -0.25) is 24.0 Å². The Bertz CT molecular complexity index is 1270. The number of rotatable bonds is 13. The molecular formula is C25H33ClN4O7S. The van der Waals surface area contributed by atoms with Gasteiger partial charge in [0.1, 0.15) is 24.0 Å². The number of halogens is 1. The molecule has 0 unspecified atom stereocenters. The lowest BCUT2D eigenvalue weighted by atomic mass is 10.1. The number of methoxy groups -OCH3 is 1. The fourth-order valence-electron chi connectivity index (χ4n) is 3.75. The topological polar surface area (TPSA) is 139 Å². The standard InChI is InChI=1S/C25H33ClN4O7S/c1-6-17(3)27-25(32)21(7-2)28(15-18-10-8-9-11-20(18)26)24(31)16-29(38(5,35)36)22-14-19(30(33)34)12-13-23(22)37-4/h8-14,17,21H,6-7,15-16H2,1-5H3,(H,27,32)/t17-,21-/m1/s1. The first kappa shape index (κ1) is 30.8. The van der Waals surface area contributed by atoms with Crippen LogP contribution in [0.1, 0.15) is 39.2 Å². The molecule has 0 aliphatic carbocycles. The van der Waals surface area contributed by atoms with E-state index in [0.717, 1.165) is 16.6 Å². The van der Waals surface area contributed by atoms with Crippen molar-refractivity contribution in [3.05, 3.63) is 63.2 Å².